The second-order valence-corrected chi connectivity index (χ2v) is 8.56. The Balaban J connectivity index is 1.69. The molecule has 1 N–H and O–H groups in total. The lowest BCUT2D eigenvalue weighted by molar-refractivity contribution is -0.129. The van der Waals surface area contributed by atoms with E-state index in [1.54, 1.807) is 17.0 Å². The third-order valence-corrected chi connectivity index (χ3v) is 5.74. The van der Waals surface area contributed by atoms with Gasteiger partial charge in [-0.3, -0.25) is 9.59 Å². The molecule has 0 saturated carbocycles. The molecule has 0 aromatic heterocycles. The van der Waals surface area contributed by atoms with Gasteiger partial charge >= 0.3 is 0 Å². The molecule has 0 spiro atoms. The van der Waals surface area contributed by atoms with Crippen molar-refractivity contribution in [1.82, 2.24) is 9.80 Å². The number of rotatable bonds is 9. The predicted molar refractivity (Wildman–Crippen MR) is 136 cm³/mol. The van der Waals surface area contributed by atoms with Crippen LogP contribution in [0.25, 0.3) is 6.08 Å². The van der Waals surface area contributed by atoms with Crippen LogP contribution < -0.4 is 4.74 Å². The van der Waals surface area contributed by atoms with E-state index in [-0.39, 0.29) is 5.57 Å². The topological polar surface area (TPSA) is 70.1 Å². The summed E-state index contributed by atoms with van der Waals surface area (Å²) in [4.78, 5) is 29.8. The molecule has 0 saturated heterocycles. The lowest BCUT2D eigenvalue weighted by Gasteiger charge is -2.28. The van der Waals surface area contributed by atoms with Gasteiger partial charge in [-0.25, -0.2) is 0 Å². The molecular weight excluding hydrogens is 440 g/mol. The number of hydrogen-bond acceptors (Lipinski definition) is 5. The second kappa shape index (κ2) is 10.8. The third-order valence-electron chi connectivity index (χ3n) is 5.74. The molecular formula is C29H28N2O4. The SMILES string of the molecule is CN(C)CCN1C(=O)C(O)=C(C(=O)C=Cc2ccccc2)C1c1cccc(Oc2ccccc2)c1. The Bertz CT molecular complexity index is 1250. The van der Waals surface area contributed by atoms with Crippen molar-refractivity contribution in [3.8, 4) is 11.5 Å². The van der Waals surface area contributed by atoms with Gasteiger partial charge in [-0.05, 0) is 55.6 Å². The van der Waals surface area contributed by atoms with Crippen molar-refractivity contribution < 1.29 is 19.4 Å². The van der Waals surface area contributed by atoms with E-state index in [1.165, 1.54) is 6.08 Å². The summed E-state index contributed by atoms with van der Waals surface area (Å²) in [6, 6.07) is 25.3. The molecule has 0 aliphatic carbocycles. The number of nitrogens with zero attached hydrogens (tertiary/aromatic N) is 2. The van der Waals surface area contributed by atoms with Gasteiger partial charge in [0, 0.05) is 13.1 Å². The van der Waals surface area contributed by atoms with Gasteiger partial charge in [0.1, 0.15) is 11.5 Å². The zero-order valence-electron chi connectivity index (χ0n) is 19.8. The zero-order valence-corrected chi connectivity index (χ0v) is 19.8. The van der Waals surface area contributed by atoms with Crippen molar-refractivity contribution in [2.75, 3.05) is 27.2 Å². The fourth-order valence-electron chi connectivity index (χ4n) is 3.99. The molecule has 3 aromatic carbocycles. The smallest absolute Gasteiger partial charge is 0.290 e. The number of carbonyl (C=O) groups is 2. The van der Waals surface area contributed by atoms with Crippen LogP contribution in [0.4, 0.5) is 0 Å². The van der Waals surface area contributed by atoms with Crippen LogP contribution in [0.15, 0.2) is 102 Å². The summed E-state index contributed by atoms with van der Waals surface area (Å²) in [6.07, 6.45) is 3.09. The van der Waals surface area contributed by atoms with Crippen molar-refractivity contribution in [2.24, 2.45) is 0 Å². The summed E-state index contributed by atoms with van der Waals surface area (Å²) in [6.45, 7) is 0.931. The maximum Gasteiger partial charge on any atom is 0.290 e. The monoisotopic (exact) mass is 468 g/mol. The average Bonchev–Trinajstić information content (AvgIpc) is 3.12. The number of aliphatic hydroxyl groups excluding tert-OH is 1. The Hall–Kier alpha value is -4.16. The van der Waals surface area contributed by atoms with E-state index < -0.39 is 23.5 Å². The quantitative estimate of drug-likeness (QED) is 0.447. The fourth-order valence-corrected chi connectivity index (χ4v) is 3.99. The minimum atomic E-state index is -0.727. The molecule has 6 nitrogen and oxygen atoms in total. The molecule has 1 heterocycles. The van der Waals surface area contributed by atoms with Gasteiger partial charge in [0.25, 0.3) is 5.91 Å². The highest BCUT2D eigenvalue weighted by Gasteiger charge is 2.42. The molecule has 178 valence electrons. The second-order valence-electron chi connectivity index (χ2n) is 8.56. The minimum absolute atomic E-state index is 0.0674. The summed E-state index contributed by atoms with van der Waals surface area (Å²) in [5.41, 5.74) is 1.60. The molecule has 0 fully saturated rings. The molecule has 35 heavy (non-hydrogen) atoms. The molecule has 4 rings (SSSR count). The van der Waals surface area contributed by atoms with Crippen LogP contribution in [0.1, 0.15) is 17.2 Å². The van der Waals surface area contributed by atoms with Crippen LogP contribution in [0.2, 0.25) is 0 Å². The number of likely N-dealkylation sites (N-methyl/N-ethyl adjacent to an activating group) is 1. The van der Waals surface area contributed by atoms with Crippen LogP contribution in [0, 0.1) is 0 Å². The Labute approximate surface area is 205 Å². The van der Waals surface area contributed by atoms with Crippen LogP contribution in [0.3, 0.4) is 0 Å². The van der Waals surface area contributed by atoms with E-state index in [0.29, 0.717) is 30.2 Å². The van der Waals surface area contributed by atoms with Crippen LogP contribution in [-0.2, 0) is 9.59 Å². The van der Waals surface area contributed by atoms with Crippen molar-refractivity contribution in [3.63, 3.8) is 0 Å². The first kappa shape index (κ1) is 24.0. The van der Waals surface area contributed by atoms with Gasteiger partial charge in [0.15, 0.2) is 11.5 Å². The van der Waals surface area contributed by atoms with Gasteiger partial charge in [-0.1, -0.05) is 66.7 Å². The van der Waals surface area contributed by atoms with E-state index in [2.05, 4.69) is 0 Å². The van der Waals surface area contributed by atoms with Crippen LogP contribution in [-0.4, -0.2) is 53.8 Å². The zero-order chi connectivity index (χ0) is 24.8. The normalized spacial score (nSPS) is 15.9. The number of amides is 1. The highest BCUT2D eigenvalue weighted by atomic mass is 16.5. The van der Waals surface area contributed by atoms with Crippen LogP contribution in [0.5, 0.6) is 11.5 Å². The third kappa shape index (κ3) is 5.67. The predicted octanol–water partition coefficient (Wildman–Crippen LogP) is 5.02. The maximum absolute atomic E-state index is 13.3. The minimum Gasteiger partial charge on any atom is -0.503 e. The van der Waals surface area contributed by atoms with Gasteiger partial charge in [-0.15, -0.1) is 0 Å². The van der Waals surface area contributed by atoms with E-state index in [0.717, 1.165) is 5.56 Å². The van der Waals surface area contributed by atoms with Gasteiger partial charge in [0.2, 0.25) is 0 Å². The van der Waals surface area contributed by atoms with Crippen molar-refractivity contribution in [2.45, 2.75) is 6.04 Å². The summed E-state index contributed by atoms with van der Waals surface area (Å²) in [5.74, 6) is -0.219. The average molecular weight is 469 g/mol. The lowest BCUT2D eigenvalue weighted by Crippen LogP contribution is -2.36. The molecule has 6 heteroatoms. The highest BCUT2D eigenvalue weighted by Crippen LogP contribution is 2.39. The summed E-state index contributed by atoms with van der Waals surface area (Å²) < 4.78 is 5.98. The lowest BCUT2D eigenvalue weighted by atomic mass is 9.95. The fraction of sp³-hybridized carbons (Fsp3) is 0.172. The van der Waals surface area contributed by atoms with Crippen molar-refractivity contribution >= 4 is 17.8 Å². The standard InChI is InChI=1S/C29H28N2O4/c1-30(2)18-19-31-27(22-12-9-15-24(20-22)35-23-13-7-4-8-14-23)26(28(33)29(31)34)25(32)17-16-21-10-5-3-6-11-21/h3-17,20,27,33H,18-19H2,1-2H3. The molecule has 1 aliphatic heterocycles. The molecule has 0 radical (unpaired) electrons. The first-order valence-electron chi connectivity index (χ1n) is 11.4. The highest BCUT2D eigenvalue weighted by molar-refractivity contribution is 6.14. The Kier molecular flexibility index (Phi) is 7.43. The van der Waals surface area contributed by atoms with E-state index in [9.17, 15) is 14.7 Å². The summed E-state index contributed by atoms with van der Waals surface area (Å²) >= 11 is 0. The number of allylic oxidation sites excluding steroid dienone is 1. The van der Waals surface area contributed by atoms with Crippen LogP contribution >= 0.6 is 0 Å². The number of ether oxygens (including phenoxy) is 1. The number of aliphatic hydroxyl groups is 1. The van der Waals surface area contributed by atoms with E-state index in [4.69, 9.17) is 4.74 Å². The number of hydrogen-bond donors (Lipinski definition) is 1. The number of carbonyl (C=O) groups excluding carboxylic acids is 2. The largest absolute Gasteiger partial charge is 0.503 e. The van der Waals surface area contributed by atoms with Gasteiger partial charge < -0.3 is 19.6 Å². The molecule has 1 amide bonds. The molecule has 3 aromatic rings. The number of ketones is 1. The first-order valence-corrected chi connectivity index (χ1v) is 11.4. The Morgan fingerprint density at radius 2 is 1.63 bits per heavy atom. The molecule has 1 unspecified atom stereocenters. The van der Waals surface area contributed by atoms with Crippen molar-refractivity contribution in [1.29, 1.82) is 0 Å². The van der Waals surface area contributed by atoms with Gasteiger partial charge in [0.05, 0.1) is 11.6 Å². The Morgan fingerprint density at radius 1 is 0.971 bits per heavy atom. The van der Waals surface area contributed by atoms with E-state index in [1.807, 2.05) is 97.9 Å². The maximum atomic E-state index is 13.3. The molecule has 1 atom stereocenters. The number of benzene rings is 3. The summed E-state index contributed by atoms with van der Waals surface area (Å²) in [5, 5.41) is 10.8. The molecule has 0 bridgehead atoms. The van der Waals surface area contributed by atoms with Gasteiger partial charge in [-0.2, -0.15) is 0 Å². The summed E-state index contributed by atoms with van der Waals surface area (Å²) in [7, 11) is 3.82. The van der Waals surface area contributed by atoms with E-state index >= 15 is 0 Å². The van der Waals surface area contributed by atoms with Crippen molar-refractivity contribution in [3.05, 3.63) is 113 Å². The molecule has 1 aliphatic rings. The Morgan fingerprint density at radius 3 is 2.31 bits per heavy atom. The first-order chi connectivity index (χ1) is 16.9. The number of para-hydroxylation sites is 1.